The maximum atomic E-state index is 12.2. The third kappa shape index (κ3) is 3.07. The molecule has 0 aliphatic carbocycles. The molecule has 0 aromatic carbocycles. The number of hydrogen-bond acceptors (Lipinski definition) is 9. The van der Waals surface area contributed by atoms with Gasteiger partial charge in [0.1, 0.15) is 25.1 Å². The number of carbonyl (C=O) groups is 3. The molecule has 2 saturated heterocycles. The van der Waals surface area contributed by atoms with Gasteiger partial charge < -0.3 is 25.1 Å². The van der Waals surface area contributed by atoms with Gasteiger partial charge in [-0.3, -0.25) is 14.4 Å². The first-order valence-electron chi connectivity index (χ1n) is 7.71. The van der Waals surface area contributed by atoms with Crippen LogP contribution < -0.4 is 5.73 Å². The number of nitrogens with two attached hydrogens (primary N) is 1. The van der Waals surface area contributed by atoms with Gasteiger partial charge in [0, 0.05) is 0 Å². The zero-order valence-corrected chi connectivity index (χ0v) is 13.6. The van der Waals surface area contributed by atoms with E-state index < -0.39 is 54.2 Å². The first-order chi connectivity index (χ1) is 11.8. The van der Waals surface area contributed by atoms with Crippen LogP contribution in [0, 0.1) is 11.8 Å². The lowest BCUT2D eigenvalue weighted by Crippen LogP contribution is -2.39. The van der Waals surface area contributed by atoms with Crippen LogP contribution in [0.5, 0.6) is 0 Å². The van der Waals surface area contributed by atoms with Gasteiger partial charge in [0.25, 0.3) is 5.91 Å². The van der Waals surface area contributed by atoms with Crippen LogP contribution >= 0.6 is 0 Å². The Morgan fingerprint density at radius 1 is 1.32 bits per heavy atom. The molecule has 0 saturated carbocycles. The second kappa shape index (κ2) is 6.41. The first-order valence-corrected chi connectivity index (χ1v) is 7.71. The molecular formula is C14H18N4O7. The lowest BCUT2D eigenvalue weighted by atomic mass is 9.96. The highest BCUT2D eigenvalue weighted by Gasteiger charge is 2.50. The summed E-state index contributed by atoms with van der Waals surface area (Å²) in [6.45, 7) is 2.92. The fourth-order valence-corrected chi connectivity index (χ4v) is 2.67. The minimum absolute atomic E-state index is 0.196. The molecule has 3 N–H and O–H groups in total. The maximum Gasteiger partial charge on any atom is 0.309 e. The van der Waals surface area contributed by atoms with E-state index in [0.717, 1.165) is 11.0 Å². The van der Waals surface area contributed by atoms with Crippen molar-refractivity contribution in [1.29, 1.82) is 0 Å². The zero-order chi connectivity index (χ0) is 18.3. The van der Waals surface area contributed by atoms with E-state index in [1.54, 1.807) is 13.8 Å². The highest BCUT2D eigenvalue weighted by Crippen LogP contribution is 2.33. The van der Waals surface area contributed by atoms with E-state index in [1.165, 1.54) is 0 Å². The van der Waals surface area contributed by atoms with Crippen molar-refractivity contribution in [2.75, 3.05) is 6.61 Å². The maximum absolute atomic E-state index is 12.2. The number of aromatic nitrogens is 3. The third-order valence-corrected chi connectivity index (χ3v) is 4.43. The Labute approximate surface area is 142 Å². The van der Waals surface area contributed by atoms with E-state index in [4.69, 9.17) is 19.9 Å². The molecule has 11 heteroatoms. The Morgan fingerprint density at radius 3 is 2.64 bits per heavy atom. The van der Waals surface area contributed by atoms with Crippen LogP contribution in [0.25, 0.3) is 0 Å². The number of amides is 1. The van der Waals surface area contributed by atoms with Crippen LogP contribution in [-0.4, -0.2) is 62.6 Å². The number of aliphatic hydroxyl groups is 1. The summed E-state index contributed by atoms with van der Waals surface area (Å²) in [7, 11) is 0. The van der Waals surface area contributed by atoms with Crippen molar-refractivity contribution in [3.05, 3.63) is 12.2 Å². The van der Waals surface area contributed by atoms with Crippen molar-refractivity contribution in [1.82, 2.24) is 14.8 Å². The Hall–Kier alpha value is -2.53. The van der Waals surface area contributed by atoms with Gasteiger partial charge in [0.05, 0.1) is 11.8 Å². The summed E-state index contributed by atoms with van der Waals surface area (Å²) >= 11 is 0. The summed E-state index contributed by atoms with van der Waals surface area (Å²) in [5.74, 6) is -3.68. The molecule has 2 fully saturated rings. The number of esters is 2. The number of primary amides is 1. The van der Waals surface area contributed by atoms with Crippen molar-refractivity contribution in [3.63, 3.8) is 0 Å². The molecule has 2 aliphatic rings. The van der Waals surface area contributed by atoms with E-state index in [0.29, 0.717) is 0 Å². The highest BCUT2D eigenvalue weighted by atomic mass is 16.6. The minimum atomic E-state index is -1.30. The second-order valence-corrected chi connectivity index (χ2v) is 6.08. The van der Waals surface area contributed by atoms with E-state index in [9.17, 15) is 19.5 Å². The standard InChI is InChI=1S/C14H18N4O7/c1-5-6(2)14(22)25-9-7(3-23-13(5)21)24-12(8(9)19)18-4-16-11(17-18)10(15)20/h4-9,12,19H,3H2,1-2H3,(H2,15,20)/t5?,6?,7-,8?,9?,12-/m1/s1. The Morgan fingerprint density at radius 2 is 2.00 bits per heavy atom. The number of rotatable bonds is 2. The average Bonchev–Trinajstić information content (AvgIpc) is 3.17. The fourth-order valence-electron chi connectivity index (χ4n) is 2.67. The first kappa shape index (κ1) is 17.3. The smallest absolute Gasteiger partial charge is 0.309 e. The molecule has 2 aliphatic heterocycles. The number of aliphatic hydroxyl groups excluding tert-OH is 1. The van der Waals surface area contributed by atoms with Crippen LogP contribution in [0.3, 0.4) is 0 Å². The zero-order valence-electron chi connectivity index (χ0n) is 13.6. The van der Waals surface area contributed by atoms with Gasteiger partial charge in [0.2, 0.25) is 5.82 Å². The van der Waals surface area contributed by atoms with E-state index in [-0.39, 0.29) is 12.4 Å². The van der Waals surface area contributed by atoms with Gasteiger partial charge in [-0.1, -0.05) is 13.8 Å². The molecule has 4 unspecified atom stereocenters. The molecular weight excluding hydrogens is 336 g/mol. The van der Waals surface area contributed by atoms with Gasteiger partial charge in [0.15, 0.2) is 12.3 Å². The van der Waals surface area contributed by atoms with Crippen LogP contribution in [0.15, 0.2) is 6.33 Å². The summed E-state index contributed by atoms with van der Waals surface area (Å²) in [5.41, 5.74) is 5.09. The van der Waals surface area contributed by atoms with Gasteiger partial charge >= 0.3 is 11.9 Å². The van der Waals surface area contributed by atoms with E-state index in [2.05, 4.69) is 10.1 Å². The third-order valence-electron chi connectivity index (χ3n) is 4.43. The number of nitrogens with zero attached hydrogens (tertiary/aromatic N) is 3. The largest absolute Gasteiger partial charge is 0.463 e. The summed E-state index contributed by atoms with van der Waals surface area (Å²) in [6.07, 6.45) is -3.14. The van der Waals surface area contributed by atoms with Gasteiger partial charge in [-0.2, -0.15) is 0 Å². The molecule has 0 bridgehead atoms. The second-order valence-electron chi connectivity index (χ2n) is 6.08. The van der Waals surface area contributed by atoms with E-state index in [1.807, 2.05) is 0 Å². The molecule has 1 amide bonds. The van der Waals surface area contributed by atoms with Crippen molar-refractivity contribution in [2.24, 2.45) is 17.6 Å². The van der Waals surface area contributed by atoms with Crippen LogP contribution in [0.4, 0.5) is 0 Å². The lowest BCUT2D eigenvalue weighted by molar-refractivity contribution is -0.162. The van der Waals surface area contributed by atoms with Crippen LogP contribution in [0.1, 0.15) is 30.7 Å². The molecule has 1 aromatic heterocycles. The molecule has 6 atom stereocenters. The molecule has 136 valence electrons. The van der Waals surface area contributed by atoms with Crippen LogP contribution in [-0.2, 0) is 23.8 Å². The average molecular weight is 354 g/mol. The van der Waals surface area contributed by atoms with Crippen LogP contribution in [0.2, 0.25) is 0 Å². The predicted octanol–water partition coefficient (Wildman–Crippen LogP) is -1.62. The van der Waals surface area contributed by atoms with Gasteiger partial charge in [-0.25, -0.2) is 9.67 Å². The SMILES string of the molecule is CC1C(=O)OC[C@H]2O[C@@H](n3cnc(C(N)=O)n3)C(O)C2OC(=O)C1C. The van der Waals surface area contributed by atoms with Crippen molar-refractivity contribution in [3.8, 4) is 0 Å². The molecule has 0 spiro atoms. The number of cyclic esters (lactones) is 1. The molecule has 1 aromatic rings. The highest BCUT2D eigenvalue weighted by molar-refractivity contribution is 5.88. The van der Waals surface area contributed by atoms with Gasteiger partial charge in [-0.15, -0.1) is 5.10 Å². The Kier molecular flexibility index (Phi) is 4.43. The topological polar surface area (TPSA) is 156 Å². The fraction of sp³-hybridized carbons (Fsp3) is 0.643. The van der Waals surface area contributed by atoms with Gasteiger partial charge in [-0.05, 0) is 0 Å². The molecule has 25 heavy (non-hydrogen) atoms. The Balaban J connectivity index is 1.84. The molecule has 0 radical (unpaired) electrons. The van der Waals surface area contributed by atoms with Crippen molar-refractivity contribution in [2.45, 2.75) is 38.4 Å². The Bertz CT molecular complexity index is 705. The predicted molar refractivity (Wildman–Crippen MR) is 77.6 cm³/mol. The van der Waals surface area contributed by atoms with Crippen molar-refractivity contribution < 1.29 is 33.7 Å². The normalized spacial score (nSPS) is 35.8. The number of carbonyl (C=O) groups excluding carboxylic acids is 3. The minimum Gasteiger partial charge on any atom is -0.463 e. The molecule has 3 heterocycles. The molecule has 3 rings (SSSR count). The van der Waals surface area contributed by atoms with E-state index >= 15 is 0 Å². The number of fused-ring (bicyclic) bond motifs is 1. The number of ether oxygens (including phenoxy) is 3. The summed E-state index contributed by atoms with van der Waals surface area (Å²) in [6, 6.07) is 0. The summed E-state index contributed by atoms with van der Waals surface area (Å²) in [5, 5.41) is 14.3. The summed E-state index contributed by atoms with van der Waals surface area (Å²) < 4.78 is 17.2. The van der Waals surface area contributed by atoms with Crippen molar-refractivity contribution >= 4 is 17.8 Å². The lowest BCUT2D eigenvalue weighted by Gasteiger charge is -2.21. The quantitative estimate of drug-likeness (QED) is 0.595. The summed E-state index contributed by atoms with van der Waals surface area (Å²) in [4.78, 5) is 39.0. The number of hydrogen-bond donors (Lipinski definition) is 2. The molecule has 11 nitrogen and oxygen atoms in total. The monoisotopic (exact) mass is 354 g/mol.